The van der Waals surface area contributed by atoms with Gasteiger partial charge in [-0.3, -0.25) is 9.78 Å². The molecule has 0 bridgehead atoms. The third-order valence-corrected chi connectivity index (χ3v) is 5.17. The van der Waals surface area contributed by atoms with Crippen LogP contribution in [-0.4, -0.2) is 48.4 Å². The van der Waals surface area contributed by atoms with Gasteiger partial charge in [0, 0.05) is 28.3 Å². The number of carbonyl (C=O) groups excluding carboxylic acids is 1. The number of anilines is 1. The topological polar surface area (TPSA) is 139 Å². The summed E-state index contributed by atoms with van der Waals surface area (Å²) in [6, 6.07) is 5.56. The Hall–Kier alpha value is -3.63. The Bertz CT molecular complexity index is 1310. The van der Waals surface area contributed by atoms with E-state index >= 15 is 0 Å². The van der Waals surface area contributed by atoms with Crippen LogP contribution < -0.4 is 11.1 Å². The largest absolute Gasteiger partial charge is 0.393 e. The van der Waals surface area contributed by atoms with Crippen LogP contribution in [0, 0.1) is 12.7 Å². The molecule has 160 valence electrons. The van der Waals surface area contributed by atoms with Gasteiger partial charge in [0.1, 0.15) is 11.6 Å². The lowest BCUT2D eigenvalue weighted by Crippen LogP contribution is -2.38. The fourth-order valence-electron chi connectivity index (χ4n) is 3.45. The first kappa shape index (κ1) is 20.6. The van der Waals surface area contributed by atoms with Gasteiger partial charge >= 0.3 is 0 Å². The third kappa shape index (κ3) is 3.66. The highest BCUT2D eigenvalue weighted by Gasteiger charge is 2.22. The minimum Gasteiger partial charge on any atom is -0.393 e. The number of nitrogens with zero attached hydrogens (tertiary/aromatic N) is 4. The highest BCUT2D eigenvalue weighted by Crippen LogP contribution is 2.30. The first-order valence-corrected chi connectivity index (χ1v) is 9.58. The number of hydrogen-bond acceptors (Lipinski definition) is 7. The number of benzene rings is 1. The van der Waals surface area contributed by atoms with E-state index in [9.17, 15) is 14.3 Å². The number of aliphatic hydroxyl groups excluding tert-OH is 2. The van der Waals surface area contributed by atoms with Gasteiger partial charge in [-0.1, -0.05) is 0 Å². The molecule has 0 saturated carbocycles. The van der Waals surface area contributed by atoms with Crippen molar-refractivity contribution in [3.05, 3.63) is 53.7 Å². The van der Waals surface area contributed by atoms with Crippen LogP contribution in [-0.2, 0) is 4.79 Å². The van der Waals surface area contributed by atoms with Crippen molar-refractivity contribution in [2.24, 2.45) is 0 Å². The average Bonchev–Trinajstić information content (AvgIpc) is 3.19. The lowest BCUT2D eigenvalue weighted by Gasteiger charge is -2.19. The summed E-state index contributed by atoms with van der Waals surface area (Å²) in [6.45, 7) is 2.77. The molecule has 3 heterocycles. The Balaban J connectivity index is 1.81. The van der Waals surface area contributed by atoms with Crippen molar-refractivity contribution in [3.8, 4) is 11.1 Å². The Morgan fingerprint density at radius 1 is 1.32 bits per heavy atom. The van der Waals surface area contributed by atoms with E-state index in [1.165, 1.54) is 16.6 Å². The summed E-state index contributed by atoms with van der Waals surface area (Å²) in [4.78, 5) is 21.0. The van der Waals surface area contributed by atoms with E-state index in [4.69, 9.17) is 10.8 Å². The van der Waals surface area contributed by atoms with Crippen molar-refractivity contribution >= 4 is 28.3 Å². The van der Waals surface area contributed by atoms with Gasteiger partial charge in [-0.25, -0.2) is 9.37 Å². The molecule has 4 rings (SSSR count). The molecule has 0 aliphatic rings. The van der Waals surface area contributed by atoms with Crippen LogP contribution >= 0.6 is 0 Å². The van der Waals surface area contributed by atoms with Crippen LogP contribution in [0.15, 0.2) is 36.7 Å². The van der Waals surface area contributed by atoms with Crippen LogP contribution in [0.1, 0.15) is 24.2 Å². The van der Waals surface area contributed by atoms with Crippen molar-refractivity contribution in [3.63, 3.8) is 0 Å². The van der Waals surface area contributed by atoms with Gasteiger partial charge in [-0.2, -0.15) is 9.61 Å². The monoisotopic (exact) mass is 424 g/mol. The van der Waals surface area contributed by atoms with Gasteiger partial charge in [-0.15, -0.1) is 0 Å². The maximum Gasteiger partial charge on any atom is 0.251 e. The number of aromatic nitrogens is 4. The van der Waals surface area contributed by atoms with Gasteiger partial charge in [0.15, 0.2) is 11.8 Å². The summed E-state index contributed by atoms with van der Waals surface area (Å²) in [5, 5.41) is 26.1. The maximum absolute atomic E-state index is 13.6. The van der Waals surface area contributed by atoms with Gasteiger partial charge in [0.05, 0.1) is 30.1 Å². The number of nitrogens with one attached hydrogen (secondary N) is 1. The number of hydrogen-bond donors (Lipinski definition) is 4. The number of rotatable bonds is 5. The predicted molar refractivity (Wildman–Crippen MR) is 112 cm³/mol. The van der Waals surface area contributed by atoms with Gasteiger partial charge in [-0.05, 0) is 38.1 Å². The van der Waals surface area contributed by atoms with Crippen molar-refractivity contribution in [1.82, 2.24) is 24.9 Å². The average molecular weight is 424 g/mol. The lowest BCUT2D eigenvalue weighted by atomic mass is 10.1. The molecular formula is C21H21FN6O3. The van der Waals surface area contributed by atoms with Crippen LogP contribution in [0.2, 0.25) is 0 Å². The number of pyridine rings is 1. The molecule has 1 aromatic carbocycles. The van der Waals surface area contributed by atoms with Crippen LogP contribution in [0.25, 0.3) is 27.7 Å². The Labute approximate surface area is 176 Å². The number of fused-ring (bicyclic) bond motifs is 2. The van der Waals surface area contributed by atoms with Crippen molar-refractivity contribution < 1.29 is 19.4 Å². The molecule has 0 fully saturated rings. The Morgan fingerprint density at radius 2 is 2.10 bits per heavy atom. The van der Waals surface area contributed by atoms with Crippen molar-refractivity contribution in [2.75, 3.05) is 12.3 Å². The summed E-state index contributed by atoms with van der Waals surface area (Å²) in [6.07, 6.45) is 1.72. The second kappa shape index (κ2) is 7.89. The fraction of sp³-hybridized carbons (Fsp3) is 0.238. The first-order valence-electron chi connectivity index (χ1n) is 9.58. The molecule has 5 N–H and O–H groups in total. The second-order valence-electron chi connectivity index (χ2n) is 7.29. The van der Waals surface area contributed by atoms with Crippen LogP contribution in [0.3, 0.4) is 0 Å². The molecule has 0 radical (unpaired) electrons. The zero-order valence-corrected chi connectivity index (χ0v) is 16.9. The smallest absolute Gasteiger partial charge is 0.251 e. The number of nitrogens with two attached hydrogens (primary N) is 1. The molecule has 0 spiro atoms. The second-order valence-corrected chi connectivity index (χ2v) is 7.29. The minimum absolute atomic E-state index is 0.342. The number of halogens is 1. The van der Waals surface area contributed by atoms with E-state index in [1.54, 1.807) is 38.4 Å². The van der Waals surface area contributed by atoms with E-state index in [-0.39, 0.29) is 5.82 Å². The quantitative estimate of drug-likeness (QED) is 0.381. The molecule has 31 heavy (non-hydrogen) atoms. The molecule has 0 saturated heterocycles. The van der Waals surface area contributed by atoms with Gasteiger partial charge in [0.25, 0.3) is 5.91 Å². The summed E-state index contributed by atoms with van der Waals surface area (Å²) < 4.78 is 15.1. The standard InChI is InChI=1S/C21H21FN6O3/c1-10-18(11(2)26-21(31)17(30)9-29)27-20-15(8-25-28(20)19(10)23)13-5-12-6-14(22)3-4-16(12)24-7-13/h3-8,11,17,29-30H,9,23H2,1-2H3,(H,26,31). The molecule has 9 nitrogen and oxygen atoms in total. The summed E-state index contributed by atoms with van der Waals surface area (Å²) in [7, 11) is 0. The number of aliphatic hydroxyl groups is 2. The minimum atomic E-state index is -1.53. The molecule has 2 atom stereocenters. The summed E-state index contributed by atoms with van der Waals surface area (Å²) in [5.74, 6) is -0.736. The highest BCUT2D eigenvalue weighted by molar-refractivity contribution is 5.87. The summed E-state index contributed by atoms with van der Waals surface area (Å²) in [5.41, 5.74) is 9.80. The van der Waals surface area contributed by atoms with Crippen LogP contribution in [0.5, 0.6) is 0 Å². The zero-order valence-electron chi connectivity index (χ0n) is 16.9. The van der Waals surface area contributed by atoms with E-state index in [0.717, 1.165) is 0 Å². The first-order chi connectivity index (χ1) is 14.8. The van der Waals surface area contributed by atoms with Crippen molar-refractivity contribution in [2.45, 2.75) is 26.0 Å². The normalized spacial score (nSPS) is 13.5. The van der Waals surface area contributed by atoms with E-state index in [2.05, 4.69) is 20.4 Å². The fourth-order valence-corrected chi connectivity index (χ4v) is 3.45. The zero-order chi connectivity index (χ0) is 22.3. The SMILES string of the molecule is Cc1c(C(C)NC(=O)C(O)CO)nc2c(-c3cnc4ccc(F)cc4c3)cnn2c1N. The molecule has 0 aliphatic carbocycles. The molecule has 2 unspecified atom stereocenters. The van der Waals surface area contributed by atoms with Gasteiger partial charge < -0.3 is 21.3 Å². The maximum atomic E-state index is 13.6. The van der Waals surface area contributed by atoms with E-state index in [1.807, 2.05) is 0 Å². The van der Waals surface area contributed by atoms with Crippen molar-refractivity contribution in [1.29, 1.82) is 0 Å². The molecule has 10 heteroatoms. The Kier molecular flexibility index (Phi) is 5.25. The molecular weight excluding hydrogens is 403 g/mol. The van der Waals surface area contributed by atoms with Crippen LogP contribution in [0.4, 0.5) is 10.2 Å². The number of amides is 1. The number of carbonyl (C=O) groups is 1. The Morgan fingerprint density at radius 3 is 2.84 bits per heavy atom. The molecule has 3 aromatic heterocycles. The van der Waals surface area contributed by atoms with E-state index < -0.39 is 24.7 Å². The summed E-state index contributed by atoms with van der Waals surface area (Å²) >= 11 is 0. The molecule has 4 aromatic rings. The van der Waals surface area contributed by atoms with E-state index in [0.29, 0.717) is 44.8 Å². The highest BCUT2D eigenvalue weighted by atomic mass is 19.1. The number of nitrogen functional groups attached to an aromatic ring is 1. The molecule has 0 aliphatic heterocycles. The van der Waals surface area contributed by atoms with Gasteiger partial charge in [0.2, 0.25) is 0 Å². The molecule has 1 amide bonds. The lowest BCUT2D eigenvalue weighted by molar-refractivity contribution is -0.131. The third-order valence-electron chi connectivity index (χ3n) is 5.17. The predicted octanol–water partition coefficient (Wildman–Crippen LogP) is 1.50.